The largest absolute Gasteiger partial charge is 0.396 e. The molecule has 102 valence electrons. The zero-order valence-electron chi connectivity index (χ0n) is 10.5. The number of nitrogens with one attached hydrogen (secondary N) is 1. The van der Waals surface area contributed by atoms with Crippen LogP contribution in [0.1, 0.15) is 32.6 Å². The lowest BCUT2D eigenvalue weighted by atomic mass is 9.97. The standard InChI is InChI=1S/C12H25NO4/c1-9(13-3-2-4-14)5-11-6-10(16)7-12(8-15)17-11/h9-16H,2-8H2,1H3. The number of aliphatic hydroxyl groups is 3. The van der Waals surface area contributed by atoms with Crippen molar-refractivity contribution in [3.8, 4) is 0 Å². The van der Waals surface area contributed by atoms with E-state index in [4.69, 9.17) is 14.9 Å². The van der Waals surface area contributed by atoms with Gasteiger partial charge in [0.15, 0.2) is 0 Å². The van der Waals surface area contributed by atoms with Crippen LogP contribution in [-0.4, -0.2) is 59.4 Å². The van der Waals surface area contributed by atoms with E-state index in [1.807, 2.05) is 0 Å². The van der Waals surface area contributed by atoms with Gasteiger partial charge in [-0.1, -0.05) is 0 Å². The van der Waals surface area contributed by atoms with Gasteiger partial charge in [-0.3, -0.25) is 0 Å². The Bertz CT molecular complexity index is 203. The van der Waals surface area contributed by atoms with E-state index >= 15 is 0 Å². The van der Waals surface area contributed by atoms with Gasteiger partial charge in [0.25, 0.3) is 0 Å². The van der Waals surface area contributed by atoms with Gasteiger partial charge in [-0.15, -0.1) is 0 Å². The van der Waals surface area contributed by atoms with Gasteiger partial charge >= 0.3 is 0 Å². The summed E-state index contributed by atoms with van der Waals surface area (Å²) in [5.41, 5.74) is 0. The van der Waals surface area contributed by atoms with Crippen LogP contribution in [0.15, 0.2) is 0 Å². The van der Waals surface area contributed by atoms with Crippen LogP contribution in [0.2, 0.25) is 0 Å². The van der Waals surface area contributed by atoms with E-state index in [1.54, 1.807) is 0 Å². The summed E-state index contributed by atoms with van der Waals surface area (Å²) in [7, 11) is 0. The van der Waals surface area contributed by atoms with Crippen molar-refractivity contribution in [1.82, 2.24) is 5.32 Å². The van der Waals surface area contributed by atoms with E-state index in [0.717, 1.165) is 19.4 Å². The van der Waals surface area contributed by atoms with Crippen LogP contribution in [0.5, 0.6) is 0 Å². The van der Waals surface area contributed by atoms with Gasteiger partial charge in [0, 0.05) is 19.1 Å². The van der Waals surface area contributed by atoms with Gasteiger partial charge in [-0.2, -0.15) is 0 Å². The Morgan fingerprint density at radius 1 is 1.29 bits per heavy atom. The molecule has 0 spiro atoms. The predicted octanol–water partition coefficient (Wildman–Crippen LogP) is -0.362. The molecule has 4 N–H and O–H groups in total. The molecule has 1 heterocycles. The first-order valence-corrected chi connectivity index (χ1v) is 6.44. The molecule has 4 atom stereocenters. The summed E-state index contributed by atoms with van der Waals surface area (Å²) < 4.78 is 5.68. The molecule has 5 nitrogen and oxygen atoms in total. The van der Waals surface area contributed by atoms with E-state index in [0.29, 0.717) is 12.8 Å². The van der Waals surface area contributed by atoms with Crippen LogP contribution in [0.4, 0.5) is 0 Å². The molecule has 4 unspecified atom stereocenters. The number of aliphatic hydroxyl groups excluding tert-OH is 3. The zero-order valence-corrected chi connectivity index (χ0v) is 10.5. The molecule has 1 rings (SSSR count). The molecule has 0 bridgehead atoms. The second kappa shape index (κ2) is 8.00. The summed E-state index contributed by atoms with van der Waals surface area (Å²) in [5.74, 6) is 0. The Balaban J connectivity index is 2.24. The zero-order chi connectivity index (χ0) is 12.7. The molecule has 17 heavy (non-hydrogen) atoms. The third-order valence-corrected chi connectivity index (χ3v) is 3.10. The smallest absolute Gasteiger partial charge is 0.0834 e. The molecular weight excluding hydrogens is 222 g/mol. The van der Waals surface area contributed by atoms with Gasteiger partial charge in [0.1, 0.15) is 0 Å². The van der Waals surface area contributed by atoms with E-state index in [9.17, 15) is 5.11 Å². The second-order valence-electron chi connectivity index (χ2n) is 4.86. The summed E-state index contributed by atoms with van der Waals surface area (Å²) in [4.78, 5) is 0. The molecule has 0 aromatic rings. The van der Waals surface area contributed by atoms with Gasteiger partial charge in [0.2, 0.25) is 0 Å². The average molecular weight is 247 g/mol. The maximum absolute atomic E-state index is 9.66. The predicted molar refractivity (Wildman–Crippen MR) is 64.8 cm³/mol. The monoisotopic (exact) mass is 247 g/mol. The lowest BCUT2D eigenvalue weighted by molar-refractivity contribution is -0.115. The number of hydrogen-bond donors (Lipinski definition) is 4. The van der Waals surface area contributed by atoms with Gasteiger partial charge in [-0.25, -0.2) is 0 Å². The Morgan fingerprint density at radius 3 is 2.65 bits per heavy atom. The van der Waals surface area contributed by atoms with Crippen LogP contribution in [0.25, 0.3) is 0 Å². The van der Waals surface area contributed by atoms with Crippen molar-refractivity contribution in [3.63, 3.8) is 0 Å². The van der Waals surface area contributed by atoms with Gasteiger partial charge in [0.05, 0.1) is 24.9 Å². The van der Waals surface area contributed by atoms with Crippen LogP contribution < -0.4 is 5.32 Å². The summed E-state index contributed by atoms with van der Waals surface area (Å²) in [6.45, 7) is 3.02. The minimum absolute atomic E-state index is 0.00697. The SMILES string of the molecule is CC(CC1CC(O)CC(CO)O1)NCCCO. The van der Waals surface area contributed by atoms with Crippen molar-refractivity contribution in [2.75, 3.05) is 19.8 Å². The molecule has 0 saturated carbocycles. The first-order valence-electron chi connectivity index (χ1n) is 6.44. The molecular formula is C12H25NO4. The Morgan fingerprint density at radius 2 is 2.00 bits per heavy atom. The van der Waals surface area contributed by atoms with Crippen LogP contribution >= 0.6 is 0 Å². The lowest BCUT2D eigenvalue weighted by Gasteiger charge is -2.33. The Hall–Kier alpha value is -0.200. The second-order valence-corrected chi connectivity index (χ2v) is 4.86. The highest BCUT2D eigenvalue weighted by Crippen LogP contribution is 2.22. The van der Waals surface area contributed by atoms with E-state index in [2.05, 4.69) is 12.2 Å². The molecule has 0 radical (unpaired) electrons. The van der Waals surface area contributed by atoms with Crippen molar-refractivity contribution in [2.45, 2.75) is 57.0 Å². The maximum atomic E-state index is 9.66. The van der Waals surface area contributed by atoms with Crippen LogP contribution in [-0.2, 0) is 4.74 Å². The fraction of sp³-hybridized carbons (Fsp3) is 1.00. The molecule has 1 saturated heterocycles. The third kappa shape index (κ3) is 5.79. The number of rotatable bonds is 7. The quantitative estimate of drug-likeness (QED) is 0.462. The third-order valence-electron chi connectivity index (χ3n) is 3.10. The highest BCUT2D eigenvalue weighted by Gasteiger charge is 2.28. The molecule has 1 aliphatic heterocycles. The van der Waals surface area contributed by atoms with Crippen molar-refractivity contribution in [3.05, 3.63) is 0 Å². The van der Waals surface area contributed by atoms with E-state index < -0.39 is 0 Å². The first kappa shape index (κ1) is 14.9. The van der Waals surface area contributed by atoms with E-state index in [1.165, 1.54) is 0 Å². The molecule has 0 aromatic carbocycles. The topological polar surface area (TPSA) is 82.0 Å². The minimum atomic E-state index is -0.365. The van der Waals surface area contributed by atoms with Gasteiger partial charge in [-0.05, 0) is 32.7 Å². The molecule has 5 heteroatoms. The highest BCUT2D eigenvalue weighted by molar-refractivity contribution is 4.79. The van der Waals surface area contributed by atoms with Crippen molar-refractivity contribution < 1.29 is 20.1 Å². The summed E-state index contributed by atoms with van der Waals surface area (Å²) >= 11 is 0. The molecule has 0 aromatic heterocycles. The first-order chi connectivity index (χ1) is 8.15. The Labute approximate surface area is 103 Å². The fourth-order valence-electron chi connectivity index (χ4n) is 2.26. The normalized spacial score (nSPS) is 31.4. The molecule has 1 fully saturated rings. The number of hydrogen-bond acceptors (Lipinski definition) is 5. The van der Waals surface area contributed by atoms with Crippen molar-refractivity contribution in [1.29, 1.82) is 0 Å². The lowest BCUT2D eigenvalue weighted by Crippen LogP contribution is -2.41. The van der Waals surface area contributed by atoms with Gasteiger partial charge < -0.3 is 25.4 Å². The fourth-order valence-corrected chi connectivity index (χ4v) is 2.26. The summed E-state index contributed by atoms with van der Waals surface area (Å²) in [6, 6.07) is 0.288. The minimum Gasteiger partial charge on any atom is -0.396 e. The van der Waals surface area contributed by atoms with Crippen molar-refractivity contribution in [2.24, 2.45) is 0 Å². The van der Waals surface area contributed by atoms with E-state index in [-0.39, 0.29) is 37.6 Å². The Kier molecular flexibility index (Phi) is 6.99. The average Bonchev–Trinajstić information content (AvgIpc) is 2.28. The van der Waals surface area contributed by atoms with Crippen LogP contribution in [0, 0.1) is 0 Å². The summed E-state index contributed by atoms with van der Waals surface area (Å²) in [6.07, 6.45) is 2.15. The summed E-state index contributed by atoms with van der Waals surface area (Å²) in [5, 5.41) is 30.7. The highest BCUT2D eigenvalue weighted by atomic mass is 16.5. The molecule has 1 aliphatic rings. The van der Waals surface area contributed by atoms with Crippen LogP contribution in [0.3, 0.4) is 0 Å². The molecule has 0 aliphatic carbocycles. The van der Waals surface area contributed by atoms with Crippen molar-refractivity contribution >= 4 is 0 Å². The number of ether oxygens (including phenoxy) is 1. The molecule has 0 amide bonds. The maximum Gasteiger partial charge on any atom is 0.0834 e.